The summed E-state index contributed by atoms with van der Waals surface area (Å²) in [5.74, 6) is 2.73. The Morgan fingerprint density at radius 2 is 1.97 bits per heavy atom. The van der Waals surface area contributed by atoms with E-state index < -0.39 is 0 Å². The molecule has 1 N–H and O–H groups in total. The van der Waals surface area contributed by atoms with Crippen LogP contribution in [-0.2, 0) is 18.3 Å². The molecule has 2 fully saturated rings. The first-order chi connectivity index (χ1) is 14.6. The highest BCUT2D eigenvalue weighted by atomic mass is 16.5. The van der Waals surface area contributed by atoms with Crippen LogP contribution in [0.2, 0.25) is 0 Å². The van der Waals surface area contributed by atoms with E-state index in [9.17, 15) is 0 Å². The third kappa shape index (κ3) is 4.82. The zero-order valence-electron chi connectivity index (χ0n) is 18.3. The summed E-state index contributed by atoms with van der Waals surface area (Å²) in [6.45, 7) is 10.4. The highest BCUT2D eigenvalue weighted by molar-refractivity contribution is 5.80. The standard InChI is InChI=1S/C22H33N7O/c1-17(19-7-5-4-6-8-19)24-22(23-15-21-26-25-18(2)27(21)3)29-10-9-20(16-29)28-11-13-30-14-12-28/h4-8,17,20H,9-16H2,1-3H3,(H,23,24). The van der Waals surface area contributed by atoms with Gasteiger partial charge in [-0.1, -0.05) is 30.3 Å². The number of likely N-dealkylation sites (tertiary alicyclic amines) is 1. The van der Waals surface area contributed by atoms with E-state index in [-0.39, 0.29) is 6.04 Å². The molecule has 0 amide bonds. The maximum atomic E-state index is 5.53. The molecule has 8 nitrogen and oxygen atoms in total. The highest BCUT2D eigenvalue weighted by Gasteiger charge is 2.31. The number of morpholine rings is 1. The zero-order chi connectivity index (χ0) is 20.9. The van der Waals surface area contributed by atoms with Gasteiger partial charge in [0.1, 0.15) is 12.4 Å². The molecule has 30 heavy (non-hydrogen) atoms. The molecule has 2 unspecified atom stereocenters. The van der Waals surface area contributed by atoms with Crippen LogP contribution in [-0.4, -0.2) is 76.0 Å². The van der Waals surface area contributed by atoms with Crippen molar-refractivity contribution in [2.45, 2.75) is 38.9 Å². The maximum Gasteiger partial charge on any atom is 0.194 e. The molecule has 2 aromatic rings. The number of aliphatic imine (C=N–C) groups is 1. The topological polar surface area (TPSA) is 70.8 Å². The molecule has 0 spiro atoms. The van der Waals surface area contributed by atoms with Crippen LogP contribution in [0.15, 0.2) is 35.3 Å². The number of benzene rings is 1. The number of aryl methyl sites for hydroxylation is 1. The van der Waals surface area contributed by atoms with E-state index >= 15 is 0 Å². The van der Waals surface area contributed by atoms with Gasteiger partial charge in [0.05, 0.1) is 19.3 Å². The molecule has 4 rings (SSSR count). The number of hydrogen-bond acceptors (Lipinski definition) is 5. The molecule has 2 aliphatic rings. The summed E-state index contributed by atoms with van der Waals surface area (Å²) in [4.78, 5) is 9.92. The van der Waals surface area contributed by atoms with Gasteiger partial charge in [0.2, 0.25) is 0 Å². The van der Waals surface area contributed by atoms with Crippen LogP contribution in [0.3, 0.4) is 0 Å². The van der Waals surface area contributed by atoms with E-state index in [1.54, 1.807) is 0 Å². The summed E-state index contributed by atoms with van der Waals surface area (Å²) >= 11 is 0. The fourth-order valence-electron chi connectivity index (χ4n) is 4.16. The van der Waals surface area contributed by atoms with Gasteiger partial charge in [-0.3, -0.25) is 4.90 Å². The van der Waals surface area contributed by atoms with Crippen molar-refractivity contribution >= 4 is 5.96 Å². The number of nitrogens with one attached hydrogen (secondary N) is 1. The van der Waals surface area contributed by atoms with Gasteiger partial charge < -0.3 is 19.5 Å². The molecule has 3 heterocycles. The van der Waals surface area contributed by atoms with Gasteiger partial charge in [-0.15, -0.1) is 10.2 Å². The molecule has 8 heteroatoms. The lowest BCUT2D eigenvalue weighted by Gasteiger charge is -2.32. The second kappa shape index (κ2) is 9.57. The average Bonchev–Trinajstić information content (AvgIpc) is 3.40. The molecule has 1 aromatic carbocycles. The highest BCUT2D eigenvalue weighted by Crippen LogP contribution is 2.19. The quantitative estimate of drug-likeness (QED) is 0.597. The fraction of sp³-hybridized carbons (Fsp3) is 0.591. The van der Waals surface area contributed by atoms with E-state index in [0.717, 1.165) is 63.4 Å². The molecule has 1 aromatic heterocycles. The van der Waals surface area contributed by atoms with Crippen LogP contribution in [0.1, 0.15) is 36.6 Å². The SMILES string of the molecule is Cc1nnc(CN=C(NC(C)c2ccccc2)N2CCC(N3CCOCC3)C2)n1C. The molecule has 0 saturated carbocycles. The Morgan fingerprint density at radius 3 is 2.67 bits per heavy atom. The van der Waals surface area contributed by atoms with Gasteiger partial charge in [-0.25, -0.2) is 4.99 Å². The second-order valence-corrected chi connectivity index (χ2v) is 8.18. The number of aromatic nitrogens is 3. The minimum absolute atomic E-state index is 0.175. The van der Waals surface area contributed by atoms with Gasteiger partial charge in [0, 0.05) is 39.3 Å². The molecule has 162 valence electrons. The summed E-state index contributed by atoms with van der Waals surface area (Å²) in [5.41, 5.74) is 1.25. The Bertz CT molecular complexity index is 844. The smallest absolute Gasteiger partial charge is 0.194 e. The van der Waals surface area contributed by atoms with Gasteiger partial charge in [0.15, 0.2) is 11.8 Å². The normalized spacial score (nSPS) is 21.8. The Labute approximate surface area is 178 Å². The minimum atomic E-state index is 0.175. The van der Waals surface area contributed by atoms with E-state index in [1.807, 2.05) is 18.5 Å². The second-order valence-electron chi connectivity index (χ2n) is 8.18. The molecule has 0 radical (unpaired) electrons. The Hall–Kier alpha value is -2.45. The van der Waals surface area contributed by atoms with Crippen molar-refractivity contribution in [1.29, 1.82) is 0 Å². The van der Waals surface area contributed by atoms with E-state index in [0.29, 0.717) is 12.6 Å². The first-order valence-corrected chi connectivity index (χ1v) is 10.9. The number of rotatable bonds is 5. The van der Waals surface area contributed by atoms with E-state index in [4.69, 9.17) is 9.73 Å². The van der Waals surface area contributed by atoms with Crippen LogP contribution in [0, 0.1) is 6.92 Å². The third-order valence-electron chi connectivity index (χ3n) is 6.22. The average molecular weight is 412 g/mol. The van der Waals surface area contributed by atoms with Crippen molar-refractivity contribution < 1.29 is 4.74 Å². The summed E-state index contributed by atoms with van der Waals surface area (Å²) < 4.78 is 7.53. The van der Waals surface area contributed by atoms with Crippen molar-refractivity contribution in [3.63, 3.8) is 0 Å². The predicted molar refractivity (Wildman–Crippen MR) is 117 cm³/mol. The molecule has 2 saturated heterocycles. The van der Waals surface area contributed by atoms with Crippen LogP contribution in [0.5, 0.6) is 0 Å². The lowest BCUT2D eigenvalue weighted by atomic mass is 10.1. The van der Waals surface area contributed by atoms with Crippen molar-refractivity contribution in [2.24, 2.45) is 12.0 Å². The first kappa shape index (κ1) is 20.8. The van der Waals surface area contributed by atoms with E-state index in [1.165, 1.54) is 5.56 Å². The van der Waals surface area contributed by atoms with Crippen molar-refractivity contribution in [3.8, 4) is 0 Å². The first-order valence-electron chi connectivity index (χ1n) is 10.9. The molecular formula is C22H33N7O. The molecular weight excluding hydrogens is 378 g/mol. The maximum absolute atomic E-state index is 5.53. The monoisotopic (exact) mass is 411 g/mol. The lowest BCUT2D eigenvalue weighted by molar-refractivity contribution is 0.0194. The van der Waals surface area contributed by atoms with Crippen LogP contribution >= 0.6 is 0 Å². The van der Waals surface area contributed by atoms with Crippen LogP contribution in [0.4, 0.5) is 0 Å². The lowest BCUT2D eigenvalue weighted by Crippen LogP contribution is -2.47. The summed E-state index contributed by atoms with van der Waals surface area (Å²) in [5, 5.41) is 12.1. The summed E-state index contributed by atoms with van der Waals surface area (Å²) in [6, 6.07) is 11.3. The van der Waals surface area contributed by atoms with Gasteiger partial charge in [-0.05, 0) is 25.8 Å². The number of nitrogens with zero attached hydrogens (tertiary/aromatic N) is 6. The van der Waals surface area contributed by atoms with Crippen molar-refractivity contribution in [1.82, 2.24) is 29.9 Å². The van der Waals surface area contributed by atoms with Gasteiger partial charge in [0.25, 0.3) is 0 Å². The molecule has 2 aliphatic heterocycles. The number of hydrogen-bond donors (Lipinski definition) is 1. The van der Waals surface area contributed by atoms with Gasteiger partial charge in [-0.2, -0.15) is 0 Å². The summed E-state index contributed by atoms with van der Waals surface area (Å²) in [7, 11) is 1.99. The van der Waals surface area contributed by atoms with Crippen LogP contribution in [0.25, 0.3) is 0 Å². The predicted octanol–water partition coefficient (Wildman–Crippen LogP) is 1.74. The van der Waals surface area contributed by atoms with Gasteiger partial charge >= 0.3 is 0 Å². The number of ether oxygens (including phenoxy) is 1. The molecule has 2 atom stereocenters. The van der Waals surface area contributed by atoms with Crippen molar-refractivity contribution in [2.75, 3.05) is 39.4 Å². The molecule has 0 aliphatic carbocycles. The van der Waals surface area contributed by atoms with E-state index in [2.05, 4.69) is 62.6 Å². The zero-order valence-corrected chi connectivity index (χ0v) is 18.3. The Kier molecular flexibility index (Phi) is 6.64. The molecule has 0 bridgehead atoms. The fourth-order valence-corrected chi connectivity index (χ4v) is 4.16. The van der Waals surface area contributed by atoms with Crippen molar-refractivity contribution in [3.05, 3.63) is 47.5 Å². The largest absolute Gasteiger partial charge is 0.379 e. The third-order valence-corrected chi connectivity index (χ3v) is 6.22. The Morgan fingerprint density at radius 1 is 1.20 bits per heavy atom. The van der Waals surface area contributed by atoms with Crippen LogP contribution < -0.4 is 5.32 Å². The summed E-state index contributed by atoms with van der Waals surface area (Å²) in [6.07, 6.45) is 1.16. The Balaban J connectivity index is 1.49. The minimum Gasteiger partial charge on any atom is -0.379 e. The number of guanidine groups is 1.